The van der Waals surface area contributed by atoms with E-state index < -0.39 is 22.5 Å². The Bertz CT molecular complexity index is 779. The Morgan fingerprint density at radius 3 is 2.36 bits per heavy atom. The van der Waals surface area contributed by atoms with E-state index in [-0.39, 0.29) is 29.3 Å². The molecule has 6 N–H and O–H groups in total. The fourth-order valence-corrected chi connectivity index (χ4v) is 1.93. The molecule has 1 heterocycles. The average Bonchev–Trinajstić information content (AvgIpc) is 3.27. The van der Waals surface area contributed by atoms with E-state index in [2.05, 4.69) is 25.6 Å². The third-order valence-corrected chi connectivity index (χ3v) is 3.60. The van der Waals surface area contributed by atoms with Gasteiger partial charge in [-0.3, -0.25) is 4.99 Å². The van der Waals surface area contributed by atoms with Crippen molar-refractivity contribution in [3.63, 3.8) is 0 Å². The molecule has 0 amide bonds. The number of anilines is 2. The normalized spacial score (nSPS) is 16.8. The molecule has 7 nitrogen and oxygen atoms in total. The molecule has 6 radical (unpaired) electrons. The lowest BCUT2D eigenvalue weighted by Gasteiger charge is -2.21. The van der Waals surface area contributed by atoms with E-state index in [4.69, 9.17) is 35.0 Å². The van der Waals surface area contributed by atoms with E-state index in [0.29, 0.717) is 6.20 Å². The van der Waals surface area contributed by atoms with Gasteiger partial charge in [0.1, 0.15) is 17.2 Å². The van der Waals surface area contributed by atoms with Gasteiger partial charge in [0.15, 0.2) is 0 Å². The number of alkyl halides is 3. The number of rotatable bonds is 6. The first kappa shape index (κ1) is 22.1. The maximum absolute atomic E-state index is 13.2. The molecule has 1 fully saturated rings. The number of hydrogen-bond donors (Lipinski definition) is 4. The molecule has 0 spiro atoms. The Hall–Kier alpha value is -2.17. The van der Waals surface area contributed by atoms with Gasteiger partial charge in [0, 0.05) is 29.6 Å². The summed E-state index contributed by atoms with van der Waals surface area (Å²) >= 11 is 0. The summed E-state index contributed by atoms with van der Waals surface area (Å²) in [6.07, 6.45) is -1.12. The third kappa shape index (κ3) is 6.77. The third-order valence-electron chi connectivity index (χ3n) is 3.60. The number of nitrogens with two attached hydrogens (primary N) is 2. The summed E-state index contributed by atoms with van der Waals surface area (Å²) in [7, 11) is 16.5. The maximum atomic E-state index is 13.2. The van der Waals surface area contributed by atoms with E-state index in [9.17, 15) is 13.2 Å². The van der Waals surface area contributed by atoms with Crippen molar-refractivity contribution in [3.05, 3.63) is 23.5 Å². The number of aromatic nitrogens is 2. The van der Waals surface area contributed by atoms with Crippen LogP contribution in [0.1, 0.15) is 32.3 Å². The molecule has 2 rings (SSSR count). The van der Waals surface area contributed by atoms with Crippen LogP contribution in [0, 0.1) is 0 Å². The molecule has 0 saturated heterocycles. The zero-order valence-electron chi connectivity index (χ0n) is 15.5. The maximum Gasteiger partial charge on any atom is 0.421 e. The van der Waals surface area contributed by atoms with Crippen LogP contribution in [0.4, 0.5) is 24.9 Å². The first-order valence-corrected chi connectivity index (χ1v) is 8.36. The van der Waals surface area contributed by atoms with Crippen molar-refractivity contribution in [2.24, 2.45) is 16.5 Å². The second-order valence-electron chi connectivity index (χ2n) is 7.20. The summed E-state index contributed by atoms with van der Waals surface area (Å²) in [6, 6.07) is -0.0599. The molecular formula is C15H19B3F3N7. The number of nitrogens with one attached hydrogen (secondary N) is 2. The lowest BCUT2D eigenvalue weighted by molar-refractivity contribution is -0.137. The molecule has 0 aliphatic heterocycles. The molecule has 0 unspecified atom stereocenters. The van der Waals surface area contributed by atoms with Crippen LogP contribution < -0.4 is 22.1 Å². The van der Waals surface area contributed by atoms with Crippen LogP contribution in [0.15, 0.2) is 23.0 Å². The number of amidine groups is 1. The van der Waals surface area contributed by atoms with Crippen molar-refractivity contribution in [2.45, 2.75) is 49.7 Å². The molecule has 1 aliphatic rings. The van der Waals surface area contributed by atoms with E-state index in [0.717, 1.165) is 12.8 Å². The lowest BCUT2D eigenvalue weighted by Crippen LogP contribution is -2.39. The zero-order chi connectivity index (χ0) is 21.3. The topological polar surface area (TPSA) is 114 Å². The largest absolute Gasteiger partial charge is 0.421 e. The van der Waals surface area contributed by atoms with Crippen LogP contribution in [-0.4, -0.2) is 56.2 Å². The van der Waals surface area contributed by atoms with Crippen molar-refractivity contribution < 1.29 is 13.2 Å². The van der Waals surface area contributed by atoms with Gasteiger partial charge in [-0.05, 0) is 31.9 Å². The summed E-state index contributed by atoms with van der Waals surface area (Å²) < 4.78 is 39.6. The predicted octanol–water partition coefficient (Wildman–Crippen LogP) is 0.577. The fraction of sp³-hybridized carbons (Fsp3) is 0.533. The number of aliphatic imine (C=N–C) groups is 1. The standard InChI is InChI=1S/C15H19B3F3N7/c1-13(2,23)9(22)5-10(28-15(16,17)18)26-12-24-6-8(14(19,20)21)11(27-12)25-7-3-4-7/h5-7H,3-4,22-23H2,1-2H3,(H2,24,25,26,27,28). The highest BCUT2D eigenvalue weighted by Crippen LogP contribution is 2.36. The summed E-state index contributed by atoms with van der Waals surface area (Å²) in [4.78, 5) is 11.4. The van der Waals surface area contributed by atoms with Crippen molar-refractivity contribution in [1.82, 2.24) is 9.97 Å². The number of halogens is 3. The SMILES string of the molecule is [B]C([B])([B])N=C(C=C(N)C(C)(C)N)Nc1ncc(C(F)(F)F)c(NC2CC2)n1. The summed E-state index contributed by atoms with van der Waals surface area (Å²) in [6.45, 7) is 3.28. The molecule has 144 valence electrons. The Kier molecular flexibility index (Phi) is 6.08. The van der Waals surface area contributed by atoms with Gasteiger partial charge >= 0.3 is 6.18 Å². The van der Waals surface area contributed by atoms with Crippen molar-refractivity contribution >= 4 is 41.1 Å². The van der Waals surface area contributed by atoms with Gasteiger partial charge in [-0.1, -0.05) is 0 Å². The minimum absolute atomic E-state index is 0.0599. The van der Waals surface area contributed by atoms with Gasteiger partial charge in [-0.2, -0.15) is 18.2 Å². The summed E-state index contributed by atoms with van der Waals surface area (Å²) in [5.41, 5.74) is 10.1. The van der Waals surface area contributed by atoms with Gasteiger partial charge < -0.3 is 22.1 Å². The van der Waals surface area contributed by atoms with E-state index >= 15 is 0 Å². The molecule has 1 saturated carbocycles. The first-order chi connectivity index (χ1) is 12.6. The van der Waals surface area contributed by atoms with E-state index in [1.165, 1.54) is 6.08 Å². The minimum atomic E-state index is -4.61. The quantitative estimate of drug-likeness (QED) is 0.323. The van der Waals surface area contributed by atoms with Gasteiger partial charge in [-0.15, -0.1) is 0 Å². The monoisotopic (exact) mass is 387 g/mol. The fourth-order valence-electron chi connectivity index (χ4n) is 1.93. The molecular weight excluding hydrogens is 368 g/mol. The Labute approximate surface area is 165 Å². The smallest absolute Gasteiger partial charge is 0.400 e. The van der Waals surface area contributed by atoms with Crippen LogP contribution in [0.3, 0.4) is 0 Å². The van der Waals surface area contributed by atoms with Crippen molar-refractivity contribution in [2.75, 3.05) is 10.6 Å². The molecule has 0 aromatic carbocycles. The Balaban J connectivity index is 2.39. The molecule has 0 bridgehead atoms. The second-order valence-corrected chi connectivity index (χ2v) is 7.20. The Morgan fingerprint density at radius 2 is 1.89 bits per heavy atom. The van der Waals surface area contributed by atoms with Crippen LogP contribution in [0.25, 0.3) is 0 Å². The molecule has 0 atom stereocenters. The molecule has 28 heavy (non-hydrogen) atoms. The van der Waals surface area contributed by atoms with Gasteiger partial charge in [0.25, 0.3) is 0 Å². The minimum Gasteiger partial charge on any atom is -0.400 e. The summed E-state index contributed by atoms with van der Waals surface area (Å²) in [5.74, 6) is -0.596. The van der Waals surface area contributed by atoms with E-state index in [1.54, 1.807) is 13.8 Å². The highest BCUT2D eigenvalue weighted by Gasteiger charge is 2.37. The molecule has 1 aromatic heterocycles. The van der Waals surface area contributed by atoms with Crippen LogP contribution >= 0.6 is 0 Å². The van der Waals surface area contributed by atoms with Crippen LogP contribution in [0.2, 0.25) is 0 Å². The molecule has 1 aromatic rings. The van der Waals surface area contributed by atoms with Gasteiger partial charge in [-0.25, -0.2) is 4.98 Å². The highest BCUT2D eigenvalue weighted by atomic mass is 19.4. The van der Waals surface area contributed by atoms with Crippen LogP contribution in [-0.2, 0) is 6.18 Å². The summed E-state index contributed by atoms with van der Waals surface area (Å²) in [5, 5.41) is 3.38. The molecule has 13 heteroatoms. The average molecular weight is 387 g/mol. The zero-order valence-corrected chi connectivity index (χ0v) is 15.5. The lowest BCUT2D eigenvalue weighted by atomic mass is 9.50. The van der Waals surface area contributed by atoms with Crippen molar-refractivity contribution in [3.8, 4) is 0 Å². The van der Waals surface area contributed by atoms with E-state index in [1.807, 2.05) is 0 Å². The predicted molar refractivity (Wildman–Crippen MR) is 105 cm³/mol. The Morgan fingerprint density at radius 1 is 1.29 bits per heavy atom. The highest BCUT2D eigenvalue weighted by molar-refractivity contribution is 6.59. The van der Waals surface area contributed by atoms with Crippen LogP contribution in [0.5, 0.6) is 0 Å². The molecule has 1 aliphatic carbocycles. The van der Waals surface area contributed by atoms with Gasteiger partial charge in [0.05, 0.1) is 23.5 Å². The number of nitrogens with zero attached hydrogens (tertiary/aromatic N) is 3. The number of hydrogen-bond acceptors (Lipinski definition) is 6. The van der Waals surface area contributed by atoms with Crippen molar-refractivity contribution in [1.29, 1.82) is 0 Å². The first-order valence-electron chi connectivity index (χ1n) is 8.36. The second kappa shape index (κ2) is 7.69. The van der Waals surface area contributed by atoms with Gasteiger partial charge in [0.2, 0.25) is 5.95 Å².